The van der Waals surface area contributed by atoms with Crippen molar-refractivity contribution in [2.24, 2.45) is 5.92 Å². The number of ether oxygens (including phenoxy) is 2. The fourth-order valence-corrected chi connectivity index (χ4v) is 4.53. The van der Waals surface area contributed by atoms with Crippen LogP contribution in [0.2, 0.25) is 0 Å². The minimum Gasteiger partial charge on any atom is -0.456 e. The molecule has 0 spiro atoms. The lowest BCUT2D eigenvalue weighted by atomic mass is 9.82. The Morgan fingerprint density at radius 1 is 1.29 bits per heavy atom. The number of hydrogen-bond donors (Lipinski definition) is 0. The predicted molar refractivity (Wildman–Crippen MR) is 97.9 cm³/mol. The van der Waals surface area contributed by atoms with Crippen molar-refractivity contribution in [1.29, 1.82) is 0 Å². The average Bonchev–Trinajstić information content (AvgIpc) is 3.01. The molecule has 4 atom stereocenters. The summed E-state index contributed by atoms with van der Waals surface area (Å²) in [4.78, 5) is 11.7. The van der Waals surface area contributed by atoms with E-state index in [0.29, 0.717) is 6.42 Å². The summed E-state index contributed by atoms with van der Waals surface area (Å²) in [5, 5.41) is 0. The van der Waals surface area contributed by atoms with Crippen molar-refractivity contribution in [2.75, 3.05) is 0 Å². The van der Waals surface area contributed by atoms with E-state index in [4.69, 9.17) is 9.47 Å². The van der Waals surface area contributed by atoms with E-state index < -0.39 is 5.60 Å². The number of rotatable bonds is 9. The molecule has 2 aliphatic rings. The summed E-state index contributed by atoms with van der Waals surface area (Å²) in [5.41, 5.74) is 0.780. The number of carbonyl (C=O) groups excluding carboxylic acids is 1. The third-order valence-electron chi connectivity index (χ3n) is 6.09. The second kappa shape index (κ2) is 8.03. The summed E-state index contributed by atoms with van der Waals surface area (Å²) in [6.45, 7) is 11.1. The van der Waals surface area contributed by atoms with E-state index in [9.17, 15) is 4.79 Å². The molecule has 2 rings (SSSR count). The van der Waals surface area contributed by atoms with Gasteiger partial charge in [0.25, 0.3) is 0 Å². The summed E-state index contributed by atoms with van der Waals surface area (Å²) in [6.07, 6.45) is 11.6. The molecule has 2 fully saturated rings. The Morgan fingerprint density at radius 2 is 2.04 bits per heavy atom. The van der Waals surface area contributed by atoms with Crippen LogP contribution in [0.4, 0.5) is 0 Å². The van der Waals surface area contributed by atoms with Gasteiger partial charge in [0.2, 0.25) is 0 Å². The summed E-state index contributed by atoms with van der Waals surface area (Å²) in [5.74, 6) is 0.673. The molecular formula is C21H36O3. The zero-order chi connectivity index (χ0) is 17.8. The standard InChI is InChI=1S/C21H36O3/c1-6-10-11-17(7-2)12-16(5)14-20(8-3)15-21(9-4)18(23-20)13-19(22)24-21/h14,17-18H,6-13,15H2,1-5H3/b16-14+/t17-,18+,20-,21+/m0/s1. The molecule has 0 aromatic heterocycles. The first-order chi connectivity index (χ1) is 11.4. The van der Waals surface area contributed by atoms with Gasteiger partial charge in [-0.1, -0.05) is 65.0 Å². The van der Waals surface area contributed by atoms with Crippen LogP contribution in [0.3, 0.4) is 0 Å². The maximum Gasteiger partial charge on any atom is 0.309 e. The van der Waals surface area contributed by atoms with Crippen molar-refractivity contribution >= 4 is 5.97 Å². The molecule has 0 aliphatic carbocycles. The molecule has 0 amide bonds. The van der Waals surface area contributed by atoms with Crippen LogP contribution in [-0.4, -0.2) is 23.3 Å². The highest BCUT2D eigenvalue weighted by atomic mass is 16.6. The Hall–Kier alpha value is -0.830. The number of esters is 1. The lowest BCUT2D eigenvalue weighted by Crippen LogP contribution is -2.35. The number of fused-ring (bicyclic) bond motifs is 1. The normalized spacial score (nSPS) is 34.3. The zero-order valence-electron chi connectivity index (χ0n) is 16.3. The van der Waals surface area contributed by atoms with Crippen molar-refractivity contribution < 1.29 is 14.3 Å². The van der Waals surface area contributed by atoms with Crippen molar-refractivity contribution in [1.82, 2.24) is 0 Å². The van der Waals surface area contributed by atoms with Gasteiger partial charge in [-0.25, -0.2) is 0 Å². The third kappa shape index (κ3) is 4.04. The first kappa shape index (κ1) is 19.5. The highest BCUT2D eigenvalue weighted by molar-refractivity contribution is 5.73. The Bertz CT molecular complexity index is 470. The maximum absolute atomic E-state index is 11.7. The molecule has 0 radical (unpaired) electrons. The molecule has 3 heteroatoms. The van der Waals surface area contributed by atoms with Gasteiger partial charge in [-0.15, -0.1) is 0 Å². The van der Waals surface area contributed by atoms with Crippen LogP contribution in [0, 0.1) is 5.92 Å². The van der Waals surface area contributed by atoms with Gasteiger partial charge < -0.3 is 9.47 Å². The van der Waals surface area contributed by atoms with E-state index >= 15 is 0 Å². The lowest BCUT2D eigenvalue weighted by molar-refractivity contribution is -0.149. The quantitative estimate of drug-likeness (QED) is 0.408. The van der Waals surface area contributed by atoms with E-state index in [1.807, 2.05) is 0 Å². The van der Waals surface area contributed by atoms with Crippen LogP contribution in [0.5, 0.6) is 0 Å². The third-order valence-corrected chi connectivity index (χ3v) is 6.09. The lowest BCUT2D eigenvalue weighted by Gasteiger charge is -2.28. The van der Waals surface area contributed by atoms with Crippen LogP contribution in [0.25, 0.3) is 0 Å². The molecule has 0 unspecified atom stereocenters. The van der Waals surface area contributed by atoms with Crippen LogP contribution in [0.15, 0.2) is 11.6 Å². The molecule has 0 aromatic rings. The summed E-state index contributed by atoms with van der Waals surface area (Å²) in [6, 6.07) is 0. The fourth-order valence-electron chi connectivity index (χ4n) is 4.53. The van der Waals surface area contributed by atoms with E-state index in [-0.39, 0.29) is 17.7 Å². The molecule has 0 aromatic carbocycles. The average molecular weight is 337 g/mol. The van der Waals surface area contributed by atoms with Gasteiger partial charge in [0, 0.05) is 6.42 Å². The largest absolute Gasteiger partial charge is 0.456 e. The molecule has 2 heterocycles. The summed E-state index contributed by atoms with van der Waals surface area (Å²) >= 11 is 0. The molecule has 0 saturated carbocycles. The zero-order valence-corrected chi connectivity index (χ0v) is 16.3. The van der Waals surface area contributed by atoms with Crippen molar-refractivity contribution in [2.45, 2.75) is 110 Å². The van der Waals surface area contributed by atoms with Gasteiger partial charge >= 0.3 is 5.97 Å². The minimum absolute atomic E-state index is 0.0685. The van der Waals surface area contributed by atoms with Crippen LogP contribution < -0.4 is 0 Å². The van der Waals surface area contributed by atoms with E-state index in [2.05, 4.69) is 40.7 Å². The van der Waals surface area contributed by atoms with Gasteiger partial charge in [0.15, 0.2) is 0 Å². The summed E-state index contributed by atoms with van der Waals surface area (Å²) in [7, 11) is 0. The molecule has 3 nitrogen and oxygen atoms in total. The first-order valence-corrected chi connectivity index (χ1v) is 10.0. The molecule has 0 N–H and O–H groups in total. The molecule has 138 valence electrons. The fraction of sp³-hybridized carbons (Fsp3) is 0.857. The monoisotopic (exact) mass is 336 g/mol. The SMILES string of the molecule is CCCC[C@H](CC)C/C(C)=C/[C@@]1(CC)C[C@@]2(CC)OC(=O)C[C@H]2O1. The van der Waals surface area contributed by atoms with E-state index in [1.54, 1.807) is 0 Å². The molecule has 24 heavy (non-hydrogen) atoms. The Kier molecular flexibility index (Phi) is 6.52. The number of unbranched alkanes of at least 4 members (excludes halogenated alkanes) is 1. The number of carbonyl (C=O) groups is 1. The maximum atomic E-state index is 11.7. The van der Waals surface area contributed by atoms with E-state index in [1.165, 1.54) is 31.3 Å². The van der Waals surface area contributed by atoms with Gasteiger partial charge in [-0.2, -0.15) is 0 Å². The molecular weight excluding hydrogens is 300 g/mol. The minimum atomic E-state index is -0.393. The van der Waals surface area contributed by atoms with Gasteiger partial charge in [-0.05, 0) is 32.1 Å². The van der Waals surface area contributed by atoms with Crippen LogP contribution in [0.1, 0.15) is 92.4 Å². The smallest absolute Gasteiger partial charge is 0.309 e. The molecule has 2 aliphatic heterocycles. The topological polar surface area (TPSA) is 35.5 Å². The molecule has 0 bridgehead atoms. The Labute approximate surface area is 148 Å². The Balaban J connectivity index is 2.09. The number of hydrogen-bond acceptors (Lipinski definition) is 3. The molecule has 2 saturated heterocycles. The van der Waals surface area contributed by atoms with Gasteiger partial charge in [-0.3, -0.25) is 4.79 Å². The van der Waals surface area contributed by atoms with E-state index in [0.717, 1.165) is 31.6 Å². The second-order valence-corrected chi connectivity index (χ2v) is 7.91. The highest BCUT2D eigenvalue weighted by Crippen LogP contribution is 2.50. The Morgan fingerprint density at radius 3 is 2.58 bits per heavy atom. The van der Waals surface area contributed by atoms with Crippen molar-refractivity contribution in [3.63, 3.8) is 0 Å². The van der Waals surface area contributed by atoms with Crippen LogP contribution in [-0.2, 0) is 14.3 Å². The van der Waals surface area contributed by atoms with Crippen molar-refractivity contribution in [3.05, 3.63) is 11.6 Å². The summed E-state index contributed by atoms with van der Waals surface area (Å²) < 4.78 is 12.2. The predicted octanol–water partition coefficient (Wildman–Crippen LogP) is 5.57. The van der Waals surface area contributed by atoms with Crippen molar-refractivity contribution in [3.8, 4) is 0 Å². The van der Waals surface area contributed by atoms with Crippen LogP contribution >= 0.6 is 0 Å². The van der Waals surface area contributed by atoms with Gasteiger partial charge in [0.1, 0.15) is 11.7 Å². The second-order valence-electron chi connectivity index (χ2n) is 7.91. The highest BCUT2D eigenvalue weighted by Gasteiger charge is 2.60. The number of allylic oxidation sites excluding steroid dienone is 1. The first-order valence-electron chi connectivity index (χ1n) is 10.0. The van der Waals surface area contributed by atoms with Gasteiger partial charge in [0.05, 0.1) is 12.0 Å².